The van der Waals surface area contributed by atoms with Crippen LogP contribution < -0.4 is 0 Å². The summed E-state index contributed by atoms with van der Waals surface area (Å²) in [6.45, 7) is 6.73. The Bertz CT molecular complexity index is 467. The van der Waals surface area contributed by atoms with Gasteiger partial charge in [-0.05, 0) is 80.4 Å². The molecule has 3 atom stereocenters. The van der Waals surface area contributed by atoms with E-state index >= 15 is 0 Å². The summed E-state index contributed by atoms with van der Waals surface area (Å²) in [5.41, 5.74) is 6.27. The molecule has 0 nitrogen and oxygen atoms in total. The first kappa shape index (κ1) is 13.5. The van der Waals surface area contributed by atoms with Crippen LogP contribution >= 0.6 is 11.6 Å². The van der Waals surface area contributed by atoms with Crippen molar-refractivity contribution in [1.82, 2.24) is 0 Å². The molecule has 0 saturated heterocycles. The van der Waals surface area contributed by atoms with Crippen molar-refractivity contribution in [3.63, 3.8) is 0 Å². The second-order valence-corrected chi connectivity index (χ2v) is 7.40. The van der Waals surface area contributed by atoms with Crippen LogP contribution in [0.4, 0.5) is 0 Å². The molecule has 3 rings (SSSR count). The van der Waals surface area contributed by atoms with Gasteiger partial charge in [0.1, 0.15) is 0 Å². The van der Waals surface area contributed by atoms with Crippen LogP contribution in [0.25, 0.3) is 0 Å². The van der Waals surface area contributed by atoms with Gasteiger partial charge >= 0.3 is 0 Å². The van der Waals surface area contributed by atoms with Gasteiger partial charge < -0.3 is 0 Å². The van der Waals surface area contributed by atoms with E-state index in [0.29, 0.717) is 5.41 Å². The average molecular weight is 277 g/mol. The highest BCUT2D eigenvalue weighted by Gasteiger charge is 2.50. The number of hydrogen-bond donors (Lipinski definition) is 0. The summed E-state index contributed by atoms with van der Waals surface area (Å²) in [4.78, 5) is 0. The molecular weight excluding hydrogens is 252 g/mol. The monoisotopic (exact) mass is 276 g/mol. The molecule has 0 N–H and O–H groups in total. The lowest BCUT2D eigenvalue weighted by Crippen LogP contribution is -2.32. The van der Waals surface area contributed by atoms with Gasteiger partial charge in [-0.15, -0.1) is 11.6 Å². The van der Waals surface area contributed by atoms with Crippen molar-refractivity contribution in [2.45, 2.75) is 52.9 Å². The highest BCUT2D eigenvalue weighted by Crippen LogP contribution is 2.58. The van der Waals surface area contributed by atoms with Gasteiger partial charge in [0, 0.05) is 5.88 Å². The predicted molar refractivity (Wildman–Crippen MR) is 83.0 cm³/mol. The molecule has 0 amide bonds. The van der Waals surface area contributed by atoms with E-state index in [1.54, 1.807) is 5.56 Å². The second kappa shape index (κ2) is 4.81. The molecule has 2 aliphatic rings. The van der Waals surface area contributed by atoms with Gasteiger partial charge in [0.05, 0.1) is 0 Å². The van der Waals surface area contributed by atoms with Crippen molar-refractivity contribution in [2.24, 2.45) is 17.3 Å². The molecular formula is C18H25Cl. The lowest BCUT2D eigenvalue weighted by atomic mass is 9.69. The van der Waals surface area contributed by atoms with Gasteiger partial charge in [-0.2, -0.15) is 0 Å². The van der Waals surface area contributed by atoms with E-state index in [1.165, 1.54) is 48.8 Å². The van der Waals surface area contributed by atoms with Gasteiger partial charge in [-0.25, -0.2) is 0 Å². The molecule has 0 radical (unpaired) electrons. The summed E-state index contributed by atoms with van der Waals surface area (Å²) in [7, 11) is 0. The molecule has 1 aromatic carbocycles. The molecule has 2 saturated carbocycles. The molecule has 0 aromatic heterocycles. The Balaban J connectivity index is 1.92. The van der Waals surface area contributed by atoms with Crippen molar-refractivity contribution in [1.29, 1.82) is 0 Å². The van der Waals surface area contributed by atoms with E-state index in [2.05, 4.69) is 32.9 Å². The predicted octanol–water partition coefficient (Wildman–Crippen LogP) is 5.20. The van der Waals surface area contributed by atoms with Crippen molar-refractivity contribution in [2.75, 3.05) is 5.88 Å². The summed E-state index contributed by atoms with van der Waals surface area (Å²) in [6.07, 6.45) is 6.89. The number of halogens is 1. The number of alkyl halides is 1. The first-order valence-corrected chi connectivity index (χ1v) is 8.20. The van der Waals surface area contributed by atoms with Crippen molar-refractivity contribution >= 4 is 11.6 Å². The number of fused-ring (bicyclic) bond motifs is 2. The Hall–Kier alpha value is -0.490. The van der Waals surface area contributed by atoms with E-state index in [9.17, 15) is 0 Å². The normalized spacial score (nSPS) is 33.1. The number of hydrogen-bond acceptors (Lipinski definition) is 0. The number of rotatable bonds is 3. The molecule has 0 heterocycles. The minimum absolute atomic E-state index is 0.398. The Labute approximate surface area is 122 Å². The summed E-state index contributed by atoms with van der Waals surface area (Å²) < 4.78 is 0. The molecule has 104 valence electrons. The molecule has 1 aromatic rings. The van der Waals surface area contributed by atoms with E-state index in [-0.39, 0.29) is 0 Å². The van der Waals surface area contributed by atoms with Crippen LogP contribution in [-0.4, -0.2) is 5.88 Å². The van der Waals surface area contributed by atoms with E-state index in [4.69, 9.17) is 11.6 Å². The van der Waals surface area contributed by atoms with Crippen LogP contribution in [-0.2, 0) is 6.42 Å². The Kier molecular flexibility index (Phi) is 3.41. The minimum atomic E-state index is 0.398. The van der Waals surface area contributed by atoms with Crippen molar-refractivity contribution in [3.05, 3.63) is 34.4 Å². The number of benzene rings is 1. The summed E-state index contributed by atoms with van der Waals surface area (Å²) >= 11 is 6.44. The highest BCUT2D eigenvalue weighted by molar-refractivity contribution is 6.18. The van der Waals surface area contributed by atoms with Crippen molar-refractivity contribution in [3.8, 4) is 0 Å². The second-order valence-electron chi connectivity index (χ2n) is 7.13. The van der Waals surface area contributed by atoms with Crippen molar-refractivity contribution < 1.29 is 0 Å². The lowest BCUT2D eigenvalue weighted by molar-refractivity contribution is 0.192. The molecule has 19 heavy (non-hydrogen) atoms. The third-order valence-electron chi connectivity index (χ3n) is 5.74. The Morgan fingerprint density at radius 1 is 1.16 bits per heavy atom. The lowest BCUT2D eigenvalue weighted by Gasteiger charge is -2.37. The SMILES string of the molecule is Cc1cc(C)c(CC2(CCl)CC3CCC2C3)c(C)c1. The van der Waals surface area contributed by atoms with Gasteiger partial charge in [-0.3, -0.25) is 0 Å². The van der Waals surface area contributed by atoms with Crippen LogP contribution in [0.2, 0.25) is 0 Å². The molecule has 0 aliphatic heterocycles. The van der Waals surface area contributed by atoms with Crippen LogP contribution in [0.1, 0.15) is 47.9 Å². The van der Waals surface area contributed by atoms with Gasteiger partial charge in [-0.1, -0.05) is 24.1 Å². The zero-order valence-corrected chi connectivity index (χ0v) is 13.2. The first-order chi connectivity index (χ1) is 9.04. The average Bonchev–Trinajstić information content (AvgIpc) is 2.94. The maximum absolute atomic E-state index is 6.44. The van der Waals surface area contributed by atoms with E-state index < -0.39 is 0 Å². The first-order valence-electron chi connectivity index (χ1n) is 7.67. The fraction of sp³-hybridized carbons (Fsp3) is 0.667. The minimum Gasteiger partial charge on any atom is -0.126 e. The summed E-state index contributed by atoms with van der Waals surface area (Å²) in [6, 6.07) is 4.66. The largest absolute Gasteiger partial charge is 0.126 e. The standard InChI is InChI=1S/C18H25Cl/c1-12-6-13(2)17(14(3)7-12)10-18(11-19)9-15-4-5-16(18)8-15/h6-7,15-16H,4-5,8-11H2,1-3H3. The maximum Gasteiger partial charge on any atom is 0.0285 e. The zero-order chi connectivity index (χ0) is 13.6. The quantitative estimate of drug-likeness (QED) is 0.666. The van der Waals surface area contributed by atoms with Crippen LogP contribution in [0.5, 0.6) is 0 Å². The molecule has 2 bridgehead atoms. The van der Waals surface area contributed by atoms with Gasteiger partial charge in [0.25, 0.3) is 0 Å². The zero-order valence-electron chi connectivity index (χ0n) is 12.4. The maximum atomic E-state index is 6.44. The fourth-order valence-electron chi connectivity index (χ4n) is 4.83. The topological polar surface area (TPSA) is 0 Å². The molecule has 2 aliphatic carbocycles. The number of aryl methyl sites for hydroxylation is 3. The third-order valence-corrected chi connectivity index (χ3v) is 6.27. The molecule has 3 unspecified atom stereocenters. The van der Waals surface area contributed by atoms with Crippen LogP contribution in [0.15, 0.2) is 12.1 Å². The smallest absolute Gasteiger partial charge is 0.0285 e. The van der Waals surface area contributed by atoms with Gasteiger partial charge in [0.2, 0.25) is 0 Å². The molecule has 0 spiro atoms. The fourth-order valence-corrected chi connectivity index (χ4v) is 5.25. The summed E-state index contributed by atoms with van der Waals surface area (Å²) in [5, 5.41) is 0. The third kappa shape index (κ3) is 2.23. The van der Waals surface area contributed by atoms with E-state index in [1.807, 2.05) is 0 Å². The highest BCUT2D eigenvalue weighted by atomic mass is 35.5. The van der Waals surface area contributed by atoms with Gasteiger partial charge in [0.15, 0.2) is 0 Å². The summed E-state index contributed by atoms with van der Waals surface area (Å²) in [5.74, 6) is 2.70. The van der Waals surface area contributed by atoms with E-state index in [0.717, 1.165) is 17.7 Å². The molecule has 2 fully saturated rings. The Morgan fingerprint density at radius 2 is 1.84 bits per heavy atom. The van der Waals surface area contributed by atoms with Crippen LogP contribution in [0, 0.1) is 38.0 Å². The molecule has 1 heteroatoms. The van der Waals surface area contributed by atoms with Crippen LogP contribution in [0.3, 0.4) is 0 Å². The Morgan fingerprint density at radius 3 is 2.32 bits per heavy atom.